The Hall–Kier alpha value is -2.56. The summed E-state index contributed by atoms with van der Waals surface area (Å²) in [4.78, 5) is 24.6. The summed E-state index contributed by atoms with van der Waals surface area (Å²) < 4.78 is 5.03. The summed E-state index contributed by atoms with van der Waals surface area (Å²) in [7, 11) is 1.55. The van der Waals surface area contributed by atoms with E-state index >= 15 is 0 Å². The van der Waals surface area contributed by atoms with Gasteiger partial charge in [0.25, 0.3) is 0 Å². The first-order valence-corrected chi connectivity index (χ1v) is 5.21. The van der Waals surface area contributed by atoms with Gasteiger partial charge in [0.2, 0.25) is 0 Å². The van der Waals surface area contributed by atoms with Gasteiger partial charge in [-0.2, -0.15) is 0 Å². The number of rotatable bonds is 4. The lowest BCUT2D eigenvalue weighted by Crippen LogP contribution is -1.97. The Morgan fingerprint density at radius 3 is 2.50 bits per heavy atom. The van der Waals surface area contributed by atoms with Crippen molar-refractivity contribution >= 4 is 12.3 Å². The Labute approximate surface area is 103 Å². The van der Waals surface area contributed by atoms with Gasteiger partial charge in [-0.3, -0.25) is 4.79 Å². The van der Waals surface area contributed by atoms with Crippen molar-refractivity contribution in [2.75, 3.05) is 7.11 Å². The first kappa shape index (κ1) is 11.9. The number of H-pyrrole nitrogens is 1. The van der Waals surface area contributed by atoms with Gasteiger partial charge in [0, 0.05) is 11.8 Å². The van der Waals surface area contributed by atoms with E-state index in [0.717, 1.165) is 0 Å². The van der Waals surface area contributed by atoms with Crippen LogP contribution in [-0.4, -0.2) is 29.5 Å². The summed E-state index contributed by atoms with van der Waals surface area (Å²) in [5.41, 5.74) is 1.36. The molecule has 2 rings (SSSR count). The third-order valence-corrected chi connectivity index (χ3v) is 2.64. The van der Waals surface area contributed by atoms with Gasteiger partial charge in [0.1, 0.15) is 5.75 Å². The van der Waals surface area contributed by atoms with E-state index in [-0.39, 0.29) is 11.3 Å². The van der Waals surface area contributed by atoms with E-state index in [2.05, 4.69) is 4.98 Å². The maximum atomic E-state index is 11.1. The molecule has 0 saturated heterocycles. The van der Waals surface area contributed by atoms with E-state index in [4.69, 9.17) is 9.84 Å². The molecular formula is C13H11NO4. The lowest BCUT2D eigenvalue weighted by molar-refractivity contribution is 0.0698. The average Bonchev–Trinajstić information content (AvgIpc) is 2.82. The lowest BCUT2D eigenvalue weighted by atomic mass is 10.0. The van der Waals surface area contributed by atoms with Crippen LogP contribution in [0.1, 0.15) is 20.8 Å². The third kappa shape index (κ3) is 1.98. The molecule has 5 heteroatoms. The van der Waals surface area contributed by atoms with Gasteiger partial charge in [-0.1, -0.05) is 12.1 Å². The van der Waals surface area contributed by atoms with E-state index in [9.17, 15) is 9.59 Å². The highest BCUT2D eigenvalue weighted by atomic mass is 16.5. The van der Waals surface area contributed by atoms with E-state index < -0.39 is 5.97 Å². The predicted molar refractivity (Wildman–Crippen MR) is 65.1 cm³/mol. The Morgan fingerprint density at radius 1 is 1.33 bits per heavy atom. The summed E-state index contributed by atoms with van der Waals surface area (Å²) in [6.07, 6.45) is 1.91. The normalized spacial score (nSPS) is 10.1. The summed E-state index contributed by atoms with van der Waals surface area (Å²) in [5, 5.41) is 9.08. The topological polar surface area (TPSA) is 79.4 Å². The summed E-state index contributed by atoms with van der Waals surface area (Å²) >= 11 is 0. The minimum Gasteiger partial charge on any atom is -0.497 e. The van der Waals surface area contributed by atoms with Crippen LogP contribution in [0.25, 0.3) is 11.1 Å². The van der Waals surface area contributed by atoms with Crippen LogP contribution in [0.5, 0.6) is 5.75 Å². The maximum Gasteiger partial charge on any atom is 0.337 e. The van der Waals surface area contributed by atoms with Crippen molar-refractivity contribution < 1.29 is 19.4 Å². The highest BCUT2D eigenvalue weighted by Crippen LogP contribution is 2.28. The molecule has 0 bridgehead atoms. The van der Waals surface area contributed by atoms with Gasteiger partial charge in [-0.05, 0) is 17.7 Å². The zero-order chi connectivity index (χ0) is 13.1. The van der Waals surface area contributed by atoms with Crippen molar-refractivity contribution in [2.24, 2.45) is 0 Å². The fourth-order valence-electron chi connectivity index (χ4n) is 1.77. The third-order valence-electron chi connectivity index (χ3n) is 2.64. The molecule has 0 aliphatic carbocycles. The van der Waals surface area contributed by atoms with Crippen LogP contribution in [0.2, 0.25) is 0 Å². The predicted octanol–water partition coefficient (Wildman–Crippen LogP) is 2.20. The molecule has 1 aromatic carbocycles. The van der Waals surface area contributed by atoms with Crippen LogP contribution in [0.15, 0.2) is 30.5 Å². The number of hydrogen-bond acceptors (Lipinski definition) is 3. The molecule has 0 atom stereocenters. The van der Waals surface area contributed by atoms with Gasteiger partial charge < -0.3 is 14.8 Å². The standard InChI is InChI=1S/C13H11NO4/c1-18-9-4-2-8(3-5-9)12-10(13(16)17)6-14-11(12)7-15/h2-7,14H,1H3,(H,16,17). The molecule has 0 fully saturated rings. The Kier molecular flexibility index (Phi) is 3.14. The van der Waals surface area contributed by atoms with Gasteiger partial charge >= 0.3 is 5.97 Å². The SMILES string of the molecule is COc1ccc(-c2c(C(=O)O)c[nH]c2C=O)cc1. The number of hydrogen-bond donors (Lipinski definition) is 2. The fraction of sp³-hybridized carbons (Fsp3) is 0.0769. The van der Waals surface area contributed by atoms with Crippen molar-refractivity contribution in [3.05, 3.63) is 41.7 Å². The molecule has 5 nitrogen and oxygen atoms in total. The zero-order valence-corrected chi connectivity index (χ0v) is 9.64. The molecule has 92 valence electrons. The van der Waals surface area contributed by atoms with Crippen LogP contribution in [0, 0.1) is 0 Å². The molecule has 2 aromatic rings. The minimum absolute atomic E-state index is 0.0715. The molecule has 2 N–H and O–H groups in total. The zero-order valence-electron chi connectivity index (χ0n) is 9.64. The van der Waals surface area contributed by atoms with E-state index in [1.807, 2.05) is 0 Å². The monoisotopic (exact) mass is 245 g/mol. The molecular weight excluding hydrogens is 234 g/mol. The van der Waals surface area contributed by atoms with Crippen molar-refractivity contribution in [2.45, 2.75) is 0 Å². The van der Waals surface area contributed by atoms with Crippen LogP contribution in [0.4, 0.5) is 0 Å². The second kappa shape index (κ2) is 4.75. The number of carbonyl (C=O) groups excluding carboxylic acids is 1. The van der Waals surface area contributed by atoms with E-state index in [0.29, 0.717) is 23.2 Å². The average molecular weight is 245 g/mol. The quantitative estimate of drug-likeness (QED) is 0.809. The van der Waals surface area contributed by atoms with E-state index in [1.165, 1.54) is 6.20 Å². The summed E-state index contributed by atoms with van der Waals surface area (Å²) in [5.74, 6) is -0.413. The molecule has 0 radical (unpaired) electrons. The number of carboxylic acids is 1. The molecule has 0 aliphatic rings. The van der Waals surface area contributed by atoms with Crippen molar-refractivity contribution in [3.8, 4) is 16.9 Å². The number of nitrogens with one attached hydrogen (secondary N) is 1. The number of aromatic nitrogens is 1. The summed E-state index contributed by atoms with van der Waals surface area (Å²) in [6.45, 7) is 0. The second-order valence-corrected chi connectivity index (χ2v) is 3.64. The molecule has 0 aliphatic heterocycles. The minimum atomic E-state index is -1.08. The number of aromatic carboxylic acids is 1. The lowest BCUT2D eigenvalue weighted by Gasteiger charge is -2.04. The number of aldehydes is 1. The van der Waals surface area contributed by atoms with Crippen molar-refractivity contribution in [1.29, 1.82) is 0 Å². The number of carboxylic acid groups (broad SMARTS) is 1. The molecule has 0 saturated carbocycles. The fourth-order valence-corrected chi connectivity index (χ4v) is 1.77. The smallest absolute Gasteiger partial charge is 0.337 e. The first-order valence-electron chi connectivity index (χ1n) is 5.21. The highest BCUT2D eigenvalue weighted by Gasteiger charge is 2.17. The van der Waals surface area contributed by atoms with Gasteiger partial charge in [-0.15, -0.1) is 0 Å². The molecule has 0 unspecified atom stereocenters. The van der Waals surface area contributed by atoms with Crippen LogP contribution in [0.3, 0.4) is 0 Å². The molecule has 0 spiro atoms. The number of carbonyl (C=O) groups is 2. The highest BCUT2D eigenvalue weighted by molar-refractivity contribution is 6.01. The summed E-state index contributed by atoms with van der Waals surface area (Å²) in [6, 6.07) is 6.84. The number of benzene rings is 1. The van der Waals surface area contributed by atoms with Gasteiger partial charge in [0.05, 0.1) is 18.4 Å². The van der Waals surface area contributed by atoms with Crippen molar-refractivity contribution in [1.82, 2.24) is 4.98 Å². The number of ether oxygens (including phenoxy) is 1. The Bertz CT molecular complexity index is 584. The van der Waals surface area contributed by atoms with Crippen LogP contribution in [-0.2, 0) is 0 Å². The number of methoxy groups -OCH3 is 1. The second-order valence-electron chi connectivity index (χ2n) is 3.64. The molecule has 18 heavy (non-hydrogen) atoms. The van der Waals surface area contributed by atoms with E-state index in [1.54, 1.807) is 31.4 Å². The Morgan fingerprint density at radius 2 is 2.00 bits per heavy atom. The Balaban J connectivity index is 2.57. The van der Waals surface area contributed by atoms with Gasteiger partial charge in [-0.25, -0.2) is 4.79 Å². The van der Waals surface area contributed by atoms with Crippen LogP contribution < -0.4 is 4.74 Å². The molecule has 0 amide bonds. The van der Waals surface area contributed by atoms with Crippen LogP contribution >= 0.6 is 0 Å². The molecule has 1 aromatic heterocycles. The maximum absolute atomic E-state index is 11.1. The largest absolute Gasteiger partial charge is 0.497 e. The first-order chi connectivity index (χ1) is 8.67. The molecule has 1 heterocycles. The number of aromatic amines is 1. The van der Waals surface area contributed by atoms with Gasteiger partial charge in [0.15, 0.2) is 6.29 Å². The van der Waals surface area contributed by atoms with Crippen molar-refractivity contribution in [3.63, 3.8) is 0 Å².